The van der Waals surface area contributed by atoms with Gasteiger partial charge in [-0.25, -0.2) is 9.59 Å². The number of carbonyl (C=O) groups is 6. The number of nitrogens with one attached hydrogen (secondary N) is 2. The predicted molar refractivity (Wildman–Crippen MR) is 193 cm³/mol. The molecule has 14 nitrogen and oxygen atoms in total. The van der Waals surface area contributed by atoms with Crippen molar-refractivity contribution in [3.05, 3.63) is 131 Å². The average molecular weight is 719 g/mol. The van der Waals surface area contributed by atoms with Crippen molar-refractivity contribution in [1.29, 1.82) is 5.41 Å². The molecular weight excluding hydrogens is 680 g/mol. The predicted octanol–water partition coefficient (Wildman–Crippen LogP) is 3.56. The van der Waals surface area contributed by atoms with Crippen LogP contribution in [0.4, 0.5) is 4.79 Å². The van der Waals surface area contributed by atoms with Crippen molar-refractivity contribution in [2.45, 2.75) is 37.5 Å². The number of benzene rings is 4. The maximum absolute atomic E-state index is 14.3. The van der Waals surface area contributed by atoms with Gasteiger partial charge in [-0.3, -0.25) is 29.5 Å². The molecule has 1 aliphatic rings. The highest BCUT2D eigenvalue weighted by atomic mass is 16.4. The van der Waals surface area contributed by atoms with Gasteiger partial charge >= 0.3 is 18.0 Å². The van der Waals surface area contributed by atoms with Crippen LogP contribution >= 0.6 is 0 Å². The number of amidine groups is 1. The standard InChI is InChI=1S/C39H38N6O8/c1-39(29-19-17-28(18-20-29)34(40)41)37(52)44(38(53)45(39)22-24-13-15-26(16-14-24)25-9-5-3-6-10-25)23-31(46)43(2)30(21-32(47)48)35(49)42-33(36(50)51)27-11-7-4-8-12-27/h3-20,30,33H,21-23H2,1-2H3,(H3,40,41)(H,42,49)(H,47,48)(H,50,51)/t30-,33-,39?/m0/s1. The van der Waals surface area contributed by atoms with Crippen LogP contribution < -0.4 is 11.1 Å². The van der Waals surface area contributed by atoms with Crippen LogP contribution in [0.5, 0.6) is 0 Å². The smallest absolute Gasteiger partial charge is 0.330 e. The highest BCUT2D eigenvalue weighted by molar-refractivity contribution is 6.09. The van der Waals surface area contributed by atoms with E-state index in [1.165, 1.54) is 17.0 Å². The van der Waals surface area contributed by atoms with Gasteiger partial charge < -0.3 is 31.1 Å². The van der Waals surface area contributed by atoms with Crippen LogP contribution in [0.2, 0.25) is 0 Å². The summed E-state index contributed by atoms with van der Waals surface area (Å²) in [6.07, 6.45) is -0.886. The maximum atomic E-state index is 14.3. The van der Waals surface area contributed by atoms with E-state index in [0.717, 1.165) is 28.0 Å². The fourth-order valence-electron chi connectivity index (χ4n) is 6.20. The molecule has 5 amide bonds. The highest BCUT2D eigenvalue weighted by Crippen LogP contribution is 2.39. The molecule has 0 aliphatic carbocycles. The lowest BCUT2D eigenvalue weighted by atomic mass is 9.89. The van der Waals surface area contributed by atoms with Crippen molar-refractivity contribution in [2.24, 2.45) is 5.73 Å². The van der Waals surface area contributed by atoms with Crippen molar-refractivity contribution in [3.8, 4) is 11.1 Å². The van der Waals surface area contributed by atoms with Gasteiger partial charge in [0.05, 0.1) is 6.42 Å². The van der Waals surface area contributed by atoms with Crippen molar-refractivity contribution >= 4 is 41.5 Å². The van der Waals surface area contributed by atoms with E-state index in [4.69, 9.17) is 11.1 Å². The molecule has 3 atom stereocenters. The van der Waals surface area contributed by atoms with Gasteiger partial charge in [-0.15, -0.1) is 0 Å². The summed E-state index contributed by atoms with van der Waals surface area (Å²) in [7, 11) is 1.14. The molecule has 0 bridgehead atoms. The van der Waals surface area contributed by atoms with Gasteiger partial charge in [0.1, 0.15) is 24.0 Å². The zero-order chi connectivity index (χ0) is 38.4. The van der Waals surface area contributed by atoms with E-state index in [0.29, 0.717) is 16.7 Å². The molecule has 1 aliphatic heterocycles. The molecule has 14 heteroatoms. The van der Waals surface area contributed by atoms with Gasteiger partial charge in [0.2, 0.25) is 11.8 Å². The van der Waals surface area contributed by atoms with Crippen molar-refractivity contribution in [2.75, 3.05) is 13.6 Å². The van der Waals surface area contributed by atoms with Crippen molar-refractivity contribution in [1.82, 2.24) is 20.0 Å². The molecule has 0 aromatic heterocycles. The third kappa shape index (κ3) is 7.91. The largest absolute Gasteiger partial charge is 0.481 e. The van der Waals surface area contributed by atoms with Gasteiger partial charge in [0, 0.05) is 19.2 Å². The zero-order valence-electron chi connectivity index (χ0n) is 28.9. The molecule has 272 valence electrons. The summed E-state index contributed by atoms with van der Waals surface area (Å²) >= 11 is 0. The Labute approximate surface area is 304 Å². The van der Waals surface area contributed by atoms with E-state index in [9.17, 15) is 39.0 Å². The zero-order valence-corrected chi connectivity index (χ0v) is 28.9. The van der Waals surface area contributed by atoms with Crippen LogP contribution in [0.3, 0.4) is 0 Å². The van der Waals surface area contributed by atoms with E-state index in [1.54, 1.807) is 49.4 Å². The summed E-state index contributed by atoms with van der Waals surface area (Å²) in [5, 5.41) is 29.5. The molecule has 1 fully saturated rings. The molecule has 4 aromatic rings. The fourth-order valence-corrected chi connectivity index (χ4v) is 6.20. The number of rotatable bonds is 14. The molecule has 0 radical (unpaired) electrons. The molecule has 1 heterocycles. The number of aliphatic carboxylic acids is 2. The second kappa shape index (κ2) is 15.6. The third-order valence-electron chi connectivity index (χ3n) is 9.31. The number of likely N-dealkylation sites (N-methyl/N-ethyl adjacent to an activating group) is 1. The van der Waals surface area contributed by atoms with Crippen LogP contribution in [-0.4, -0.2) is 86.1 Å². The molecule has 6 N–H and O–H groups in total. The van der Waals surface area contributed by atoms with Crippen LogP contribution in [0.1, 0.15) is 41.6 Å². The molecule has 1 unspecified atom stereocenters. The molecule has 53 heavy (non-hydrogen) atoms. The normalized spacial score (nSPS) is 16.5. The number of urea groups is 1. The van der Waals surface area contributed by atoms with Crippen molar-refractivity contribution < 1.29 is 39.0 Å². The van der Waals surface area contributed by atoms with Gasteiger partial charge in [0.25, 0.3) is 5.91 Å². The van der Waals surface area contributed by atoms with E-state index in [-0.39, 0.29) is 17.9 Å². The van der Waals surface area contributed by atoms with E-state index in [2.05, 4.69) is 5.32 Å². The lowest BCUT2D eigenvalue weighted by Crippen LogP contribution is -2.53. The van der Waals surface area contributed by atoms with Crippen LogP contribution in [-0.2, 0) is 36.1 Å². The minimum atomic E-state index is -1.69. The summed E-state index contributed by atoms with van der Waals surface area (Å²) in [6, 6.07) is 27.0. The minimum Gasteiger partial charge on any atom is -0.481 e. The Morgan fingerprint density at radius 1 is 0.849 bits per heavy atom. The average Bonchev–Trinajstić information content (AvgIpc) is 3.33. The molecule has 0 saturated carbocycles. The molecule has 0 spiro atoms. The Bertz CT molecular complexity index is 2040. The van der Waals surface area contributed by atoms with Crippen molar-refractivity contribution in [3.63, 3.8) is 0 Å². The van der Waals surface area contributed by atoms with Gasteiger partial charge in [0.15, 0.2) is 6.04 Å². The summed E-state index contributed by atoms with van der Waals surface area (Å²) in [6.45, 7) is 0.660. The maximum Gasteiger partial charge on any atom is 0.330 e. The summed E-state index contributed by atoms with van der Waals surface area (Å²) < 4.78 is 0. The molecular formula is C39H38N6O8. The number of imide groups is 1. The van der Waals surface area contributed by atoms with Gasteiger partial charge in [-0.05, 0) is 34.7 Å². The first-order valence-electron chi connectivity index (χ1n) is 16.5. The Balaban J connectivity index is 1.43. The van der Waals surface area contributed by atoms with Crippen LogP contribution in [0.25, 0.3) is 11.1 Å². The van der Waals surface area contributed by atoms with E-state index >= 15 is 0 Å². The second-order valence-corrected chi connectivity index (χ2v) is 12.7. The first-order chi connectivity index (χ1) is 25.2. The number of carbonyl (C=O) groups excluding carboxylic acids is 4. The number of nitrogens with zero attached hydrogens (tertiary/aromatic N) is 3. The number of carboxylic acids is 2. The quantitative estimate of drug-likeness (QED) is 0.0731. The molecule has 1 saturated heterocycles. The topological polar surface area (TPSA) is 214 Å². The summed E-state index contributed by atoms with van der Waals surface area (Å²) in [5.41, 5.74) is 7.62. The highest BCUT2D eigenvalue weighted by Gasteiger charge is 2.56. The Hall–Kier alpha value is -6.83. The number of nitrogens with two attached hydrogens (primary N) is 1. The van der Waals surface area contributed by atoms with E-state index < -0.39 is 66.3 Å². The monoisotopic (exact) mass is 718 g/mol. The third-order valence-corrected chi connectivity index (χ3v) is 9.31. The fraction of sp³-hybridized carbons (Fsp3) is 0.205. The number of nitrogen functional groups attached to an aromatic ring is 1. The Morgan fingerprint density at radius 3 is 1.96 bits per heavy atom. The van der Waals surface area contributed by atoms with Crippen LogP contribution in [0, 0.1) is 5.41 Å². The Morgan fingerprint density at radius 2 is 1.42 bits per heavy atom. The minimum absolute atomic E-state index is 0.0365. The number of carboxylic acid groups (broad SMARTS) is 2. The lowest BCUT2D eigenvalue weighted by molar-refractivity contribution is -0.148. The molecule has 4 aromatic carbocycles. The Kier molecular flexibility index (Phi) is 11.0. The number of hydrogen-bond acceptors (Lipinski definition) is 7. The lowest BCUT2D eigenvalue weighted by Gasteiger charge is -2.32. The second-order valence-electron chi connectivity index (χ2n) is 12.7. The number of hydrogen-bond donors (Lipinski definition) is 5. The summed E-state index contributed by atoms with van der Waals surface area (Å²) in [4.78, 5) is 82.3. The summed E-state index contributed by atoms with van der Waals surface area (Å²) in [5.74, 6) is -5.81. The van der Waals surface area contributed by atoms with E-state index in [1.807, 2.05) is 54.6 Å². The SMILES string of the molecule is CN(C(=O)CN1C(=O)N(Cc2ccc(-c3ccccc3)cc2)C(C)(c2ccc(C(=N)N)cc2)C1=O)[C@@H](CC(=O)O)C(=O)N[C@H](C(=O)O)c1ccccc1. The van der Waals surface area contributed by atoms with Gasteiger partial charge in [-0.1, -0.05) is 109 Å². The number of amides is 5. The molecule has 5 rings (SSSR count). The van der Waals surface area contributed by atoms with Gasteiger partial charge in [-0.2, -0.15) is 0 Å². The van der Waals surface area contributed by atoms with Crippen LogP contribution in [0.15, 0.2) is 109 Å². The first-order valence-corrected chi connectivity index (χ1v) is 16.5. The first kappa shape index (κ1) is 37.4.